The summed E-state index contributed by atoms with van der Waals surface area (Å²) in [4.78, 5) is 23.1. The Bertz CT molecular complexity index is 526. The van der Waals surface area contributed by atoms with E-state index in [1.165, 1.54) is 6.08 Å². The van der Waals surface area contributed by atoms with Crippen LogP contribution in [-0.2, 0) is 14.3 Å². The quantitative estimate of drug-likeness (QED) is 0.508. The molecule has 0 fully saturated rings. The predicted molar refractivity (Wildman–Crippen MR) is 86.6 cm³/mol. The molecule has 0 saturated carbocycles. The van der Waals surface area contributed by atoms with Crippen molar-refractivity contribution in [1.82, 2.24) is 5.32 Å². The van der Waals surface area contributed by atoms with Gasteiger partial charge < -0.3 is 19.9 Å². The number of amides is 1. The van der Waals surface area contributed by atoms with Gasteiger partial charge in [0.2, 0.25) is 5.91 Å². The summed E-state index contributed by atoms with van der Waals surface area (Å²) >= 11 is 0. The topological polar surface area (TPSA) is 84.9 Å². The van der Waals surface area contributed by atoms with Crippen LogP contribution in [0.1, 0.15) is 24.8 Å². The second kappa shape index (κ2) is 9.63. The number of ether oxygens (including phenoxy) is 2. The molecule has 0 aliphatic heterocycles. The second-order valence-electron chi connectivity index (χ2n) is 5.16. The molecule has 6 heteroatoms. The Balaban J connectivity index is 2.54. The fourth-order valence-electron chi connectivity index (χ4n) is 2.03. The van der Waals surface area contributed by atoms with Crippen LogP contribution in [0.25, 0.3) is 0 Å². The van der Waals surface area contributed by atoms with Crippen LogP contribution in [-0.4, -0.2) is 43.3 Å². The third-order valence-electron chi connectivity index (χ3n) is 3.33. The molecule has 0 radical (unpaired) electrons. The van der Waals surface area contributed by atoms with E-state index in [0.29, 0.717) is 0 Å². The molecule has 0 spiro atoms. The third-order valence-corrected chi connectivity index (χ3v) is 3.33. The Hall–Kier alpha value is -2.34. The maximum atomic E-state index is 12.0. The highest BCUT2D eigenvalue weighted by atomic mass is 16.5. The molecule has 0 saturated heterocycles. The van der Waals surface area contributed by atoms with Gasteiger partial charge in [0.15, 0.2) is 6.04 Å². The van der Waals surface area contributed by atoms with Crippen LogP contribution in [0.15, 0.2) is 36.9 Å². The van der Waals surface area contributed by atoms with Crippen LogP contribution in [0.3, 0.4) is 0 Å². The number of carbonyl (C=O) groups excluding carboxylic acids is 1. The van der Waals surface area contributed by atoms with Gasteiger partial charge in [-0.1, -0.05) is 25.1 Å². The van der Waals surface area contributed by atoms with Gasteiger partial charge in [0.1, 0.15) is 5.75 Å². The van der Waals surface area contributed by atoms with Crippen molar-refractivity contribution in [3.05, 3.63) is 42.5 Å². The molecular weight excluding hydrogens is 298 g/mol. The molecule has 2 unspecified atom stereocenters. The highest BCUT2D eigenvalue weighted by molar-refractivity contribution is 5.84. The van der Waals surface area contributed by atoms with E-state index < -0.39 is 12.0 Å². The van der Waals surface area contributed by atoms with Crippen molar-refractivity contribution in [1.29, 1.82) is 0 Å². The minimum absolute atomic E-state index is 0.0376. The number of carbonyl (C=O) groups is 2. The third kappa shape index (κ3) is 6.52. The number of aliphatic carboxylic acids is 1. The van der Waals surface area contributed by atoms with Crippen LogP contribution in [0, 0.1) is 0 Å². The maximum absolute atomic E-state index is 12.0. The van der Waals surface area contributed by atoms with Crippen LogP contribution < -0.4 is 10.1 Å². The Morgan fingerprint density at radius 1 is 1.35 bits per heavy atom. The second-order valence-corrected chi connectivity index (χ2v) is 5.16. The van der Waals surface area contributed by atoms with E-state index in [0.717, 1.165) is 11.3 Å². The molecular formula is C17H23NO5. The van der Waals surface area contributed by atoms with Crippen LogP contribution in [0.5, 0.6) is 5.75 Å². The summed E-state index contributed by atoms with van der Waals surface area (Å²) in [5.74, 6) is -0.748. The molecule has 1 amide bonds. The number of methoxy groups -OCH3 is 1. The van der Waals surface area contributed by atoms with Crippen molar-refractivity contribution < 1.29 is 24.2 Å². The molecule has 23 heavy (non-hydrogen) atoms. The Morgan fingerprint density at radius 3 is 2.52 bits per heavy atom. The number of hydrogen-bond donors (Lipinski definition) is 2. The molecule has 1 aromatic rings. The summed E-state index contributed by atoms with van der Waals surface area (Å²) in [6.45, 7) is 5.53. The number of carboxylic acids is 1. The van der Waals surface area contributed by atoms with Gasteiger partial charge in [-0.3, -0.25) is 4.79 Å². The van der Waals surface area contributed by atoms with E-state index in [4.69, 9.17) is 14.6 Å². The van der Waals surface area contributed by atoms with E-state index in [9.17, 15) is 9.59 Å². The molecule has 1 rings (SSSR count). The van der Waals surface area contributed by atoms with Gasteiger partial charge in [-0.15, -0.1) is 6.58 Å². The average molecular weight is 321 g/mol. The number of hydrogen-bond acceptors (Lipinski definition) is 4. The van der Waals surface area contributed by atoms with E-state index in [-0.39, 0.29) is 31.5 Å². The zero-order chi connectivity index (χ0) is 17.2. The largest absolute Gasteiger partial charge is 0.497 e. The van der Waals surface area contributed by atoms with Gasteiger partial charge in [-0.25, -0.2) is 4.79 Å². The Morgan fingerprint density at radius 2 is 2.00 bits per heavy atom. The molecule has 0 bridgehead atoms. The summed E-state index contributed by atoms with van der Waals surface area (Å²) in [6.07, 6.45) is 1.71. The van der Waals surface area contributed by atoms with E-state index in [1.807, 2.05) is 31.2 Å². The zero-order valence-corrected chi connectivity index (χ0v) is 13.5. The molecule has 1 aromatic carbocycles. The first-order valence-electron chi connectivity index (χ1n) is 7.32. The highest BCUT2D eigenvalue weighted by Crippen LogP contribution is 2.21. The van der Waals surface area contributed by atoms with Crippen molar-refractivity contribution >= 4 is 11.9 Å². The van der Waals surface area contributed by atoms with E-state index >= 15 is 0 Å². The average Bonchev–Trinajstić information content (AvgIpc) is 2.54. The Kier molecular flexibility index (Phi) is 7.83. The first kappa shape index (κ1) is 18.7. The van der Waals surface area contributed by atoms with Crippen LogP contribution in [0.2, 0.25) is 0 Å². The van der Waals surface area contributed by atoms with Crippen molar-refractivity contribution in [3.63, 3.8) is 0 Å². The van der Waals surface area contributed by atoms with Crippen LogP contribution in [0.4, 0.5) is 0 Å². The fourth-order valence-corrected chi connectivity index (χ4v) is 2.03. The molecule has 0 aliphatic rings. The lowest BCUT2D eigenvalue weighted by molar-refractivity contribution is -0.143. The van der Waals surface area contributed by atoms with Crippen molar-refractivity contribution in [3.8, 4) is 5.75 Å². The standard InChI is InChI=1S/C17H23NO5/c1-4-9-23-11-15(17(20)21)18-16(19)10-12(2)13-5-7-14(22-3)8-6-13/h4-8,12,15H,1,9-11H2,2-3H3,(H,18,19)(H,20,21). The first-order valence-corrected chi connectivity index (χ1v) is 7.32. The SMILES string of the molecule is C=CCOCC(NC(=O)CC(C)c1ccc(OC)cc1)C(=O)O. The molecule has 6 nitrogen and oxygen atoms in total. The van der Waals surface area contributed by atoms with Crippen molar-refractivity contribution in [2.75, 3.05) is 20.3 Å². The Labute approximate surface area is 136 Å². The predicted octanol–water partition coefficient (Wildman–Crippen LogP) is 1.96. The summed E-state index contributed by atoms with van der Waals surface area (Å²) in [5.41, 5.74) is 0.982. The lowest BCUT2D eigenvalue weighted by Crippen LogP contribution is -2.44. The van der Waals surface area contributed by atoms with Gasteiger partial charge in [0.05, 0.1) is 20.3 Å². The molecule has 126 valence electrons. The number of carboxylic acid groups (broad SMARTS) is 1. The summed E-state index contributed by atoms with van der Waals surface area (Å²) < 4.78 is 10.2. The molecule has 2 atom stereocenters. The lowest BCUT2D eigenvalue weighted by atomic mass is 9.97. The van der Waals surface area contributed by atoms with Gasteiger partial charge >= 0.3 is 5.97 Å². The number of benzene rings is 1. The molecule has 0 aliphatic carbocycles. The van der Waals surface area contributed by atoms with Gasteiger partial charge in [-0.05, 0) is 23.6 Å². The van der Waals surface area contributed by atoms with Gasteiger partial charge in [-0.2, -0.15) is 0 Å². The summed E-state index contributed by atoms with van der Waals surface area (Å²) in [5, 5.41) is 11.6. The van der Waals surface area contributed by atoms with Crippen molar-refractivity contribution in [2.45, 2.75) is 25.3 Å². The molecule has 0 aromatic heterocycles. The minimum Gasteiger partial charge on any atom is -0.497 e. The zero-order valence-electron chi connectivity index (χ0n) is 13.5. The smallest absolute Gasteiger partial charge is 0.328 e. The highest BCUT2D eigenvalue weighted by Gasteiger charge is 2.21. The summed E-state index contributed by atoms with van der Waals surface area (Å²) in [7, 11) is 1.59. The maximum Gasteiger partial charge on any atom is 0.328 e. The monoisotopic (exact) mass is 321 g/mol. The number of rotatable bonds is 10. The minimum atomic E-state index is -1.13. The first-order chi connectivity index (χ1) is 11.0. The van der Waals surface area contributed by atoms with Gasteiger partial charge in [0, 0.05) is 6.42 Å². The lowest BCUT2D eigenvalue weighted by Gasteiger charge is -2.17. The summed E-state index contributed by atoms with van der Waals surface area (Å²) in [6, 6.07) is 6.36. The van der Waals surface area contributed by atoms with Crippen molar-refractivity contribution in [2.24, 2.45) is 0 Å². The van der Waals surface area contributed by atoms with E-state index in [1.54, 1.807) is 7.11 Å². The van der Waals surface area contributed by atoms with Crippen LogP contribution >= 0.6 is 0 Å². The molecule has 2 N–H and O–H groups in total. The normalized spacial score (nSPS) is 13.0. The molecule has 0 heterocycles. The van der Waals surface area contributed by atoms with Gasteiger partial charge in [0.25, 0.3) is 0 Å². The number of nitrogens with one attached hydrogen (secondary N) is 1. The fraction of sp³-hybridized carbons (Fsp3) is 0.412. The van der Waals surface area contributed by atoms with E-state index in [2.05, 4.69) is 11.9 Å².